The normalized spacial score (nSPS) is 17.3. The van der Waals surface area contributed by atoms with E-state index in [9.17, 15) is 19.5 Å². The lowest BCUT2D eigenvalue weighted by molar-refractivity contribution is -0.142. The maximum Gasteiger partial charge on any atom is 0.326 e. The molecule has 1 aliphatic rings. The Hall–Kier alpha value is -2.45. The van der Waals surface area contributed by atoms with Crippen LogP contribution in [0.5, 0.6) is 0 Å². The number of nitrogens with zero attached hydrogens (tertiary/aromatic N) is 1. The lowest BCUT2D eigenvalue weighted by atomic mass is 9.91. The summed E-state index contributed by atoms with van der Waals surface area (Å²) >= 11 is 7.31. The number of pyridine rings is 1. The maximum absolute atomic E-state index is 12.6. The van der Waals surface area contributed by atoms with Gasteiger partial charge in [0.25, 0.3) is 0 Å². The molecule has 0 saturated heterocycles. The number of hydrogen-bond acceptors (Lipinski definition) is 5. The third-order valence-corrected chi connectivity index (χ3v) is 5.16. The summed E-state index contributed by atoms with van der Waals surface area (Å²) in [7, 11) is 0. The van der Waals surface area contributed by atoms with Crippen LogP contribution in [0.2, 0.25) is 4.34 Å². The van der Waals surface area contributed by atoms with Crippen molar-refractivity contribution in [3.05, 3.63) is 45.2 Å². The summed E-state index contributed by atoms with van der Waals surface area (Å²) in [6.45, 7) is 0. The molecule has 0 aromatic carbocycles. The number of carboxylic acids is 1. The van der Waals surface area contributed by atoms with E-state index in [4.69, 9.17) is 11.6 Å². The average molecular weight is 380 g/mol. The minimum Gasteiger partial charge on any atom is -0.480 e. The fraction of sp³-hybridized carbons (Fsp3) is 0.250. The van der Waals surface area contributed by atoms with Gasteiger partial charge in [0.1, 0.15) is 11.9 Å². The Morgan fingerprint density at radius 3 is 2.96 bits per heavy atom. The van der Waals surface area contributed by atoms with Gasteiger partial charge in [-0.25, -0.2) is 9.78 Å². The summed E-state index contributed by atoms with van der Waals surface area (Å²) in [5.41, 5.74) is 1.22. The van der Waals surface area contributed by atoms with Crippen LogP contribution in [0.25, 0.3) is 0 Å². The number of aromatic nitrogens is 1. The number of carbonyl (C=O) groups is 3. The fourth-order valence-electron chi connectivity index (χ4n) is 2.67. The summed E-state index contributed by atoms with van der Waals surface area (Å²) in [6.07, 6.45) is 1.52. The van der Waals surface area contributed by atoms with Crippen LogP contribution in [0.1, 0.15) is 23.5 Å². The first-order valence-corrected chi connectivity index (χ1v) is 8.71. The third-order valence-electron chi connectivity index (χ3n) is 3.91. The molecule has 130 valence electrons. The number of amides is 2. The van der Waals surface area contributed by atoms with Gasteiger partial charge < -0.3 is 15.7 Å². The average Bonchev–Trinajstić information content (AvgIpc) is 2.98. The van der Waals surface area contributed by atoms with Gasteiger partial charge in [-0.05, 0) is 23.1 Å². The highest BCUT2D eigenvalue weighted by atomic mass is 35.5. The van der Waals surface area contributed by atoms with Crippen LogP contribution in [0.4, 0.5) is 5.82 Å². The zero-order valence-electron chi connectivity index (χ0n) is 12.9. The number of rotatable bonds is 5. The highest BCUT2D eigenvalue weighted by Gasteiger charge is 2.33. The second kappa shape index (κ2) is 7.20. The van der Waals surface area contributed by atoms with Crippen LogP contribution in [-0.2, 0) is 20.8 Å². The largest absolute Gasteiger partial charge is 0.480 e. The standard InChI is InChI=1S/C16H14ClN3O4S/c17-13-8(3-5-25-13)6-11(16(23)24)19-15(22)10-7-12(21)20-14-9(10)2-1-4-18-14/h1-5,10-11H,6-7H2,(H,19,22)(H,23,24)(H,18,20,21). The molecule has 25 heavy (non-hydrogen) atoms. The number of fused-ring (bicyclic) bond motifs is 1. The van der Waals surface area contributed by atoms with Gasteiger partial charge in [-0.2, -0.15) is 0 Å². The maximum atomic E-state index is 12.6. The van der Waals surface area contributed by atoms with Crippen LogP contribution in [0.15, 0.2) is 29.8 Å². The molecule has 1 aliphatic heterocycles. The van der Waals surface area contributed by atoms with Crippen LogP contribution in [0.3, 0.4) is 0 Å². The number of carbonyl (C=O) groups excluding carboxylic acids is 2. The summed E-state index contributed by atoms with van der Waals surface area (Å²) in [5.74, 6) is -2.48. The summed E-state index contributed by atoms with van der Waals surface area (Å²) in [6, 6.07) is 3.95. The first-order chi connectivity index (χ1) is 12.0. The van der Waals surface area contributed by atoms with Crippen molar-refractivity contribution in [3.8, 4) is 0 Å². The molecule has 2 aromatic heterocycles. The predicted molar refractivity (Wildman–Crippen MR) is 92.8 cm³/mol. The molecule has 3 heterocycles. The van der Waals surface area contributed by atoms with E-state index >= 15 is 0 Å². The SMILES string of the molecule is O=C1CC(C(=O)NC(Cc2ccsc2Cl)C(=O)O)c2cccnc2N1. The Morgan fingerprint density at radius 1 is 1.48 bits per heavy atom. The molecule has 2 atom stereocenters. The predicted octanol–water partition coefficient (Wildman–Crippen LogP) is 2.03. The fourth-order valence-corrected chi connectivity index (χ4v) is 3.62. The van der Waals surface area contributed by atoms with E-state index in [2.05, 4.69) is 15.6 Å². The van der Waals surface area contributed by atoms with Crippen molar-refractivity contribution in [3.63, 3.8) is 0 Å². The van der Waals surface area contributed by atoms with Crippen molar-refractivity contribution < 1.29 is 19.5 Å². The van der Waals surface area contributed by atoms with E-state index in [1.165, 1.54) is 17.5 Å². The van der Waals surface area contributed by atoms with Gasteiger partial charge in [0.05, 0.1) is 10.3 Å². The second-order valence-electron chi connectivity index (χ2n) is 5.57. The van der Waals surface area contributed by atoms with Gasteiger partial charge in [-0.1, -0.05) is 17.7 Å². The minimum absolute atomic E-state index is 0.0595. The Labute approximate surface area is 152 Å². The molecular weight excluding hydrogens is 366 g/mol. The molecule has 3 rings (SSSR count). The first-order valence-electron chi connectivity index (χ1n) is 7.45. The van der Waals surface area contributed by atoms with Crippen molar-refractivity contribution in [2.45, 2.75) is 24.8 Å². The van der Waals surface area contributed by atoms with E-state index in [1.807, 2.05) is 0 Å². The second-order valence-corrected chi connectivity index (χ2v) is 7.09. The number of nitrogens with one attached hydrogen (secondary N) is 2. The van der Waals surface area contributed by atoms with E-state index in [0.29, 0.717) is 21.3 Å². The van der Waals surface area contributed by atoms with Crippen molar-refractivity contribution in [2.75, 3.05) is 5.32 Å². The van der Waals surface area contributed by atoms with Gasteiger partial charge >= 0.3 is 5.97 Å². The van der Waals surface area contributed by atoms with E-state index < -0.39 is 23.8 Å². The first kappa shape index (κ1) is 17.4. The third kappa shape index (κ3) is 3.80. The smallest absolute Gasteiger partial charge is 0.326 e. The number of thiophene rings is 1. The van der Waals surface area contributed by atoms with Gasteiger partial charge in [0.2, 0.25) is 11.8 Å². The lowest BCUT2D eigenvalue weighted by Crippen LogP contribution is -2.45. The highest BCUT2D eigenvalue weighted by Crippen LogP contribution is 2.31. The molecule has 9 heteroatoms. The molecular formula is C16H14ClN3O4S. The zero-order chi connectivity index (χ0) is 18.0. The van der Waals surface area contributed by atoms with E-state index in [-0.39, 0.29) is 18.7 Å². The number of hydrogen-bond donors (Lipinski definition) is 3. The van der Waals surface area contributed by atoms with Crippen molar-refractivity contribution in [2.24, 2.45) is 0 Å². The minimum atomic E-state index is -1.16. The summed E-state index contributed by atoms with van der Waals surface area (Å²) in [4.78, 5) is 40.0. The summed E-state index contributed by atoms with van der Waals surface area (Å²) in [5, 5.41) is 16.3. The number of carboxylic acid groups (broad SMARTS) is 1. The molecule has 2 unspecified atom stereocenters. The van der Waals surface area contributed by atoms with E-state index in [0.717, 1.165) is 0 Å². The van der Waals surface area contributed by atoms with Gasteiger partial charge in [0, 0.05) is 24.6 Å². The van der Waals surface area contributed by atoms with Gasteiger partial charge in [0.15, 0.2) is 0 Å². The molecule has 2 aromatic rings. The molecule has 0 radical (unpaired) electrons. The number of anilines is 1. The molecule has 2 amide bonds. The Bertz CT molecular complexity index is 838. The van der Waals surface area contributed by atoms with Gasteiger partial charge in [-0.3, -0.25) is 9.59 Å². The monoisotopic (exact) mass is 379 g/mol. The van der Waals surface area contributed by atoms with E-state index in [1.54, 1.807) is 23.6 Å². The van der Waals surface area contributed by atoms with Crippen LogP contribution < -0.4 is 10.6 Å². The van der Waals surface area contributed by atoms with Crippen molar-refractivity contribution in [1.29, 1.82) is 0 Å². The molecule has 0 fully saturated rings. The topological polar surface area (TPSA) is 108 Å². The van der Waals surface area contributed by atoms with Crippen LogP contribution in [-0.4, -0.2) is 33.9 Å². The Morgan fingerprint density at radius 2 is 2.28 bits per heavy atom. The molecule has 7 nitrogen and oxygen atoms in total. The molecule has 0 bridgehead atoms. The van der Waals surface area contributed by atoms with Gasteiger partial charge in [-0.15, -0.1) is 11.3 Å². The molecule has 0 aliphatic carbocycles. The van der Waals surface area contributed by atoms with Crippen molar-refractivity contribution >= 4 is 46.5 Å². The summed E-state index contributed by atoms with van der Waals surface area (Å²) < 4.78 is 0.493. The molecule has 0 spiro atoms. The highest BCUT2D eigenvalue weighted by molar-refractivity contribution is 7.14. The molecule has 3 N–H and O–H groups in total. The number of aliphatic carboxylic acids is 1. The molecule has 0 saturated carbocycles. The van der Waals surface area contributed by atoms with Crippen LogP contribution >= 0.6 is 22.9 Å². The quantitative estimate of drug-likeness (QED) is 0.736. The van der Waals surface area contributed by atoms with Crippen LogP contribution in [0, 0.1) is 0 Å². The lowest BCUT2D eigenvalue weighted by Gasteiger charge is -2.25. The zero-order valence-corrected chi connectivity index (χ0v) is 14.4. The number of halogens is 1. The Balaban J connectivity index is 1.79. The Kier molecular flexibility index (Phi) is 5.00. The van der Waals surface area contributed by atoms with Crippen molar-refractivity contribution in [1.82, 2.24) is 10.3 Å².